The molecule has 1 unspecified atom stereocenters. The van der Waals surface area contributed by atoms with E-state index in [-0.39, 0.29) is 19.8 Å². The number of carbonyl (C=O) groups is 2. The van der Waals surface area contributed by atoms with E-state index in [0.717, 1.165) is 0 Å². The second-order valence-electron chi connectivity index (χ2n) is 2.91. The van der Waals surface area contributed by atoms with Crippen LogP contribution in [0.4, 0.5) is 4.79 Å². The number of hydrogen-bond acceptors (Lipinski definition) is 6. The van der Waals surface area contributed by atoms with Crippen molar-refractivity contribution in [2.24, 2.45) is 0 Å². The predicted octanol–water partition coefficient (Wildman–Crippen LogP) is 1.35. The van der Waals surface area contributed by atoms with E-state index < -0.39 is 18.2 Å². The Labute approximate surface area is 105 Å². The van der Waals surface area contributed by atoms with Crippen LogP contribution in [0.3, 0.4) is 0 Å². The fourth-order valence-corrected chi connectivity index (χ4v) is 0.929. The van der Waals surface area contributed by atoms with Crippen LogP contribution in [-0.2, 0) is 23.7 Å². The normalized spacial score (nSPS) is 11.7. The highest BCUT2D eigenvalue weighted by molar-refractivity contribution is 6.17. The van der Waals surface area contributed by atoms with Crippen molar-refractivity contribution < 1.29 is 28.5 Å². The Bertz CT molecular complexity index is 233. The molecule has 0 heterocycles. The number of rotatable bonds is 8. The van der Waals surface area contributed by atoms with E-state index in [4.69, 9.17) is 21.1 Å². The Morgan fingerprint density at radius 2 is 1.88 bits per heavy atom. The van der Waals surface area contributed by atoms with Crippen LogP contribution in [0, 0.1) is 0 Å². The minimum atomic E-state index is -0.998. The van der Waals surface area contributed by atoms with Gasteiger partial charge in [-0.2, -0.15) is 0 Å². The summed E-state index contributed by atoms with van der Waals surface area (Å²) < 4.78 is 18.9. The van der Waals surface area contributed by atoms with Crippen LogP contribution in [0.25, 0.3) is 0 Å². The van der Waals surface area contributed by atoms with Crippen LogP contribution in [0.1, 0.15) is 13.8 Å². The number of hydrogen-bond donors (Lipinski definition) is 0. The predicted molar refractivity (Wildman–Crippen MR) is 60.1 cm³/mol. The third kappa shape index (κ3) is 8.76. The third-order valence-corrected chi connectivity index (χ3v) is 1.71. The van der Waals surface area contributed by atoms with Crippen molar-refractivity contribution in [3.63, 3.8) is 0 Å². The van der Waals surface area contributed by atoms with Crippen molar-refractivity contribution >= 4 is 23.7 Å². The van der Waals surface area contributed by atoms with Gasteiger partial charge in [0.25, 0.3) is 0 Å². The van der Waals surface area contributed by atoms with Crippen LogP contribution < -0.4 is 0 Å². The van der Waals surface area contributed by atoms with Gasteiger partial charge >= 0.3 is 12.1 Å². The summed E-state index contributed by atoms with van der Waals surface area (Å²) in [6, 6.07) is 0. The minimum Gasteiger partial charge on any atom is -0.461 e. The highest BCUT2D eigenvalue weighted by Crippen LogP contribution is 1.97. The number of carbonyl (C=O) groups excluding carboxylic acids is 2. The first-order valence-corrected chi connectivity index (χ1v) is 5.79. The Morgan fingerprint density at radius 1 is 1.18 bits per heavy atom. The van der Waals surface area contributed by atoms with Gasteiger partial charge in [0.05, 0.1) is 19.8 Å². The zero-order valence-electron chi connectivity index (χ0n) is 9.94. The number of ether oxygens (including phenoxy) is 4. The lowest BCUT2D eigenvalue weighted by Gasteiger charge is -2.12. The summed E-state index contributed by atoms with van der Waals surface area (Å²) in [6.45, 7) is 3.97. The Kier molecular flexibility index (Phi) is 9.56. The molecule has 0 fully saturated rings. The van der Waals surface area contributed by atoms with Gasteiger partial charge in [0.2, 0.25) is 0 Å². The maximum absolute atomic E-state index is 11.3. The van der Waals surface area contributed by atoms with E-state index in [2.05, 4.69) is 9.47 Å². The summed E-state index contributed by atoms with van der Waals surface area (Å²) in [4.78, 5) is 22.2. The molecule has 0 aliphatic heterocycles. The molecule has 0 rings (SSSR count). The monoisotopic (exact) mass is 268 g/mol. The quantitative estimate of drug-likeness (QED) is 0.376. The lowest BCUT2D eigenvalue weighted by molar-refractivity contribution is -0.155. The molecule has 0 radical (unpaired) electrons. The first kappa shape index (κ1) is 16.0. The zero-order chi connectivity index (χ0) is 13.1. The SMILES string of the molecule is CCOC(=O)OC(C)C(=O)OCCOCCCl. The highest BCUT2D eigenvalue weighted by atomic mass is 35.5. The van der Waals surface area contributed by atoms with E-state index in [1.54, 1.807) is 6.92 Å². The summed E-state index contributed by atoms with van der Waals surface area (Å²) in [5.41, 5.74) is 0. The molecule has 0 aliphatic rings. The fraction of sp³-hybridized carbons (Fsp3) is 0.800. The second-order valence-corrected chi connectivity index (χ2v) is 3.29. The van der Waals surface area contributed by atoms with E-state index in [0.29, 0.717) is 12.5 Å². The molecule has 0 aromatic rings. The molecule has 0 N–H and O–H groups in total. The number of alkyl halides is 1. The molecular weight excluding hydrogens is 252 g/mol. The van der Waals surface area contributed by atoms with Crippen molar-refractivity contribution in [1.82, 2.24) is 0 Å². The molecule has 0 saturated carbocycles. The molecule has 6 nitrogen and oxygen atoms in total. The minimum absolute atomic E-state index is 0.0895. The summed E-state index contributed by atoms with van der Waals surface area (Å²) in [7, 11) is 0. The third-order valence-electron chi connectivity index (χ3n) is 1.56. The smallest absolute Gasteiger partial charge is 0.461 e. The average molecular weight is 269 g/mol. The van der Waals surface area contributed by atoms with E-state index >= 15 is 0 Å². The van der Waals surface area contributed by atoms with Gasteiger partial charge in [-0.25, -0.2) is 9.59 Å². The van der Waals surface area contributed by atoms with E-state index in [1.165, 1.54) is 6.92 Å². The highest BCUT2D eigenvalue weighted by Gasteiger charge is 2.19. The van der Waals surface area contributed by atoms with Crippen molar-refractivity contribution in [3.8, 4) is 0 Å². The molecule has 1 atom stereocenters. The average Bonchev–Trinajstić information content (AvgIpc) is 2.28. The molecule has 0 amide bonds. The van der Waals surface area contributed by atoms with Crippen LogP contribution in [-0.4, -0.2) is 50.5 Å². The van der Waals surface area contributed by atoms with Crippen LogP contribution in [0.15, 0.2) is 0 Å². The largest absolute Gasteiger partial charge is 0.509 e. The summed E-state index contributed by atoms with van der Waals surface area (Å²) in [5, 5.41) is 0. The molecule has 17 heavy (non-hydrogen) atoms. The Balaban J connectivity index is 3.63. The standard InChI is InChI=1S/C10H17ClO6/c1-3-15-10(13)17-8(2)9(12)16-7-6-14-5-4-11/h8H,3-7H2,1-2H3. The van der Waals surface area contributed by atoms with Gasteiger partial charge in [-0.3, -0.25) is 0 Å². The lowest BCUT2D eigenvalue weighted by atomic mass is 10.4. The van der Waals surface area contributed by atoms with Gasteiger partial charge in [0.15, 0.2) is 6.10 Å². The van der Waals surface area contributed by atoms with E-state index in [1.807, 2.05) is 0 Å². The second kappa shape index (κ2) is 10.2. The van der Waals surface area contributed by atoms with Gasteiger partial charge in [0.1, 0.15) is 6.61 Å². The molecule has 7 heteroatoms. The summed E-state index contributed by atoms with van der Waals surface area (Å²) >= 11 is 5.38. The molecule has 0 spiro atoms. The van der Waals surface area contributed by atoms with Crippen LogP contribution >= 0.6 is 11.6 Å². The van der Waals surface area contributed by atoms with Gasteiger partial charge in [-0.15, -0.1) is 11.6 Å². The Morgan fingerprint density at radius 3 is 2.47 bits per heavy atom. The van der Waals surface area contributed by atoms with Crippen LogP contribution in [0.2, 0.25) is 0 Å². The van der Waals surface area contributed by atoms with Gasteiger partial charge in [-0.1, -0.05) is 0 Å². The summed E-state index contributed by atoms with van der Waals surface area (Å²) in [5.74, 6) is -0.261. The first-order valence-electron chi connectivity index (χ1n) is 5.25. The molecule has 0 aromatic carbocycles. The van der Waals surface area contributed by atoms with Crippen molar-refractivity contribution in [3.05, 3.63) is 0 Å². The maximum atomic E-state index is 11.3. The van der Waals surface area contributed by atoms with Crippen molar-refractivity contribution in [2.75, 3.05) is 32.3 Å². The summed E-state index contributed by atoms with van der Waals surface area (Å²) in [6.07, 6.45) is -1.89. The molecule has 100 valence electrons. The molecule has 0 saturated heterocycles. The number of esters is 1. The first-order chi connectivity index (χ1) is 8.11. The van der Waals surface area contributed by atoms with Crippen molar-refractivity contribution in [1.29, 1.82) is 0 Å². The molecule has 0 aliphatic carbocycles. The van der Waals surface area contributed by atoms with E-state index in [9.17, 15) is 9.59 Å². The van der Waals surface area contributed by atoms with Crippen molar-refractivity contribution in [2.45, 2.75) is 20.0 Å². The molecule has 0 bridgehead atoms. The Hall–Kier alpha value is -1.01. The van der Waals surface area contributed by atoms with Gasteiger partial charge in [0, 0.05) is 5.88 Å². The fourth-order valence-electron chi connectivity index (χ4n) is 0.819. The molecular formula is C10H17ClO6. The maximum Gasteiger partial charge on any atom is 0.509 e. The van der Waals surface area contributed by atoms with Gasteiger partial charge in [-0.05, 0) is 13.8 Å². The van der Waals surface area contributed by atoms with Gasteiger partial charge < -0.3 is 18.9 Å². The van der Waals surface area contributed by atoms with Crippen LogP contribution in [0.5, 0.6) is 0 Å². The number of halogens is 1. The topological polar surface area (TPSA) is 71.1 Å². The molecule has 0 aromatic heterocycles. The zero-order valence-corrected chi connectivity index (χ0v) is 10.7. The lowest BCUT2D eigenvalue weighted by Crippen LogP contribution is -2.27.